The number of aromatic nitrogens is 4. The molecule has 1 unspecified atom stereocenters. The summed E-state index contributed by atoms with van der Waals surface area (Å²) in [6, 6.07) is 2.22. The number of anilines is 2. The SMILES string of the molecule is Cc1cc(Nc2ncc(C)s2)nc(C2CCCN2Cc2csc(C)n2)n1. The lowest BCUT2D eigenvalue weighted by molar-refractivity contribution is 0.237. The van der Waals surface area contributed by atoms with Crippen LogP contribution in [0, 0.1) is 20.8 Å². The minimum absolute atomic E-state index is 0.246. The Morgan fingerprint density at radius 1 is 1.23 bits per heavy atom. The largest absolute Gasteiger partial charge is 0.316 e. The van der Waals surface area contributed by atoms with E-state index in [-0.39, 0.29) is 6.04 Å². The zero-order valence-corrected chi connectivity index (χ0v) is 16.8. The maximum Gasteiger partial charge on any atom is 0.188 e. The highest BCUT2D eigenvalue weighted by molar-refractivity contribution is 7.15. The lowest BCUT2D eigenvalue weighted by Gasteiger charge is -2.23. The van der Waals surface area contributed by atoms with E-state index < -0.39 is 0 Å². The topological polar surface area (TPSA) is 66.8 Å². The van der Waals surface area contributed by atoms with Crippen molar-refractivity contribution >= 4 is 33.6 Å². The van der Waals surface area contributed by atoms with Crippen LogP contribution in [0.3, 0.4) is 0 Å². The Balaban J connectivity index is 1.55. The third-order valence-electron chi connectivity index (χ3n) is 4.42. The fourth-order valence-electron chi connectivity index (χ4n) is 3.32. The number of hydrogen-bond acceptors (Lipinski definition) is 8. The van der Waals surface area contributed by atoms with Crippen LogP contribution in [0.1, 0.15) is 46.0 Å². The quantitative estimate of drug-likeness (QED) is 0.701. The van der Waals surface area contributed by atoms with Crippen molar-refractivity contribution < 1.29 is 0 Å². The zero-order valence-electron chi connectivity index (χ0n) is 15.2. The van der Waals surface area contributed by atoms with E-state index in [4.69, 9.17) is 9.97 Å². The van der Waals surface area contributed by atoms with E-state index in [2.05, 4.69) is 39.4 Å². The average molecular weight is 387 g/mol. The molecule has 1 N–H and O–H groups in total. The van der Waals surface area contributed by atoms with Gasteiger partial charge in [-0.3, -0.25) is 4.90 Å². The van der Waals surface area contributed by atoms with Gasteiger partial charge >= 0.3 is 0 Å². The molecule has 6 nitrogen and oxygen atoms in total. The van der Waals surface area contributed by atoms with E-state index in [0.29, 0.717) is 0 Å². The molecule has 0 spiro atoms. The summed E-state index contributed by atoms with van der Waals surface area (Å²) < 4.78 is 0. The molecule has 1 atom stereocenters. The monoisotopic (exact) mass is 386 g/mol. The van der Waals surface area contributed by atoms with Crippen LogP contribution in [-0.2, 0) is 6.54 Å². The van der Waals surface area contributed by atoms with Crippen LogP contribution in [0.5, 0.6) is 0 Å². The minimum Gasteiger partial charge on any atom is -0.316 e. The summed E-state index contributed by atoms with van der Waals surface area (Å²) in [5.41, 5.74) is 2.12. The number of hydrogen-bond donors (Lipinski definition) is 1. The number of likely N-dealkylation sites (tertiary alicyclic amines) is 1. The van der Waals surface area contributed by atoms with Gasteiger partial charge in [-0.05, 0) is 40.2 Å². The predicted octanol–water partition coefficient (Wildman–Crippen LogP) is 4.40. The first-order chi connectivity index (χ1) is 12.6. The van der Waals surface area contributed by atoms with Crippen molar-refractivity contribution in [3.05, 3.63) is 44.7 Å². The van der Waals surface area contributed by atoms with Crippen molar-refractivity contribution in [1.29, 1.82) is 0 Å². The molecule has 8 heteroatoms. The molecule has 0 aliphatic carbocycles. The smallest absolute Gasteiger partial charge is 0.188 e. The van der Waals surface area contributed by atoms with E-state index in [1.165, 1.54) is 11.3 Å². The first kappa shape index (κ1) is 17.5. The molecule has 0 saturated carbocycles. The molecule has 1 aliphatic rings. The van der Waals surface area contributed by atoms with Gasteiger partial charge in [-0.2, -0.15) is 0 Å². The molecule has 26 heavy (non-hydrogen) atoms. The fourth-order valence-corrected chi connectivity index (χ4v) is 4.60. The van der Waals surface area contributed by atoms with Crippen molar-refractivity contribution in [2.45, 2.75) is 46.2 Å². The standard InChI is InChI=1S/C18H22N6S2/c1-11-7-16(23-18-19-8-12(2)26-18)22-17(20-11)15-5-4-6-24(15)9-14-10-25-13(3)21-14/h7-8,10,15H,4-6,9H2,1-3H3,(H,19,20,22,23). The van der Waals surface area contributed by atoms with Crippen LogP contribution < -0.4 is 5.32 Å². The lowest BCUT2D eigenvalue weighted by Crippen LogP contribution is -2.24. The molecule has 0 amide bonds. The van der Waals surface area contributed by atoms with Crippen molar-refractivity contribution in [2.75, 3.05) is 11.9 Å². The molecule has 0 aromatic carbocycles. The van der Waals surface area contributed by atoms with Gasteiger partial charge in [-0.1, -0.05) is 0 Å². The van der Waals surface area contributed by atoms with Gasteiger partial charge in [0, 0.05) is 34.8 Å². The third kappa shape index (κ3) is 3.92. The highest BCUT2D eigenvalue weighted by Gasteiger charge is 2.29. The number of nitrogens with one attached hydrogen (secondary N) is 1. The molecule has 1 saturated heterocycles. The molecule has 3 aromatic rings. The van der Waals surface area contributed by atoms with Crippen LogP contribution in [0.2, 0.25) is 0 Å². The molecule has 0 radical (unpaired) electrons. The highest BCUT2D eigenvalue weighted by Crippen LogP contribution is 2.32. The van der Waals surface area contributed by atoms with Gasteiger partial charge in [0.15, 0.2) is 5.13 Å². The second-order valence-corrected chi connectivity index (χ2v) is 8.94. The summed E-state index contributed by atoms with van der Waals surface area (Å²) in [5.74, 6) is 1.71. The van der Waals surface area contributed by atoms with Crippen LogP contribution in [-0.4, -0.2) is 31.4 Å². The Bertz CT molecular complexity index is 903. The van der Waals surface area contributed by atoms with Gasteiger partial charge < -0.3 is 5.32 Å². The summed E-state index contributed by atoms with van der Waals surface area (Å²) in [7, 11) is 0. The number of nitrogens with zero attached hydrogens (tertiary/aromatic N) is 5. The first-order valence-electron chi connectivity index (χ1n) is 8.77. The molecular formula is C18H22N6S2. The Labute approximate surface area is 161 Å². The van der Waals surface area contributed by atoms with Gasteiger partial charge in [-0.15, -0.1) is 22.7 Å². The van der Waals surface area contributed by atoms with Gasteiger partial charge in [0.05, 0.1) is 16.7 Å². The maximum atomic E-state index is 4.80. The summed E-state index contributed by atoms with van der Waals surface area (Å²) in [5, 5.41) is 7.46. The third-order valence-corrected chi connectivity index (χ3v) is 6.07. The summed E-state index contributed by atoms with van der Waals surface area (Å²) in [6.45, 7) is 8.05. The molecule has 0 bridgehead atoms. The maximum absolute atomic E-state index is 4.80. The van der Waals surface area contributed by atoms with E-state index in [9.17, 15) is 0 Å². The van der Waals surface area contributed by atoms with Crippen LogP contribution in [0.4, 0.5) is 10.9 Å². The zero-order chi connectivity index (χ0) is 18.1. The van der Waals surface area contributed by atoms with Crippen molar-refractivity contribution in [3.63, 3.8) is 0 Å². The van der Waals surface area contributed by atoms with Gasteiger partial charge in [-0.25, -0.2) is 19.9 Å². The Kier molecular flexibility index (Phi) is 4.97. The first-order valence-corrected chi connectivity index (χ1v) is 10.5. The Morgan fingerprint density at radius 2 is 2.12 bits per heavy atom. The van der Waals surface area contributed by atoms with Crippen LogP contribution in [0.15, 0.2) is 17.6 Å². The number of rotatable bonds is 5. The molecule has 4 heterocycles. The molecule has 136 valence electrons. The summed E-state index contributed by atoms with van der Waals surface area (Å²) in [6.07, 6.45) is 4.12. The van der Waals surface area contributed by atoms with Gasteiger partial charge in [0.25, 0.3) is 0 Å². The fraction of sp³-hybridized carbons (Fsp3) is 0.444. The normalized spacial score (nSPS) is 17.7. The van der Waals surface area contributed by atoms with E-state index in [1.807, 2.05) is 19.2 Å². The molecule has 3 aromatic heterocycles. The van der Waals surface area contributed by atoms with Gasteiger partial charge in [0.2, 0.25) is 0 Å². The van der Waals surface area contributed by atoms with E-state index in [0.717, 1.165) is 52.7 Å². The highest BCUT2D eigenvalue weighted by atomic mass is 32.1. The molecule has 1 aliphatic heterocycles. The Hall–Kier alpha value is -1.90. The van der Waals surface area contributed by atoms with Gasteiger partial charge in [0.1, 0.15) is 11.6 Å². The van der Waals surface area contributed by atoms with Crippen LogP contribution in [0.25, 0.3) is 0 Å². The molecular weight excluding hydrogens is 364 g/mol. The summed E-state index contributed by atoms with van der Waals surface area (Å²) in [4.78, 5) is 22.1. The molecule has 1 fully saturated rings. The minimum atomic E-state index is 0.246. The predicted molar refractivity (Wildman–Crippen MR) is 106 cm³/mol. The lowest BCUT2D eigenvalue weighted by atomic mass is 10.2. The number of aryl methyl sites for hydroxylation is 3. The van der Waals surface area contributed by atoms with Crippen LogP contribution >= 0.6 is 22.7 Å². The average Bonchev–Trinajstić information content (AvgIpc) is 3.30. The second-order valence-electron chi connectivity index (χ2n) is 6.64. The van der Waals surface area contributed by atoms with Crippen molar-refractivity contribution in [3.8, 4) is 0 Å². The Morgan fingerprint density at radius 3 is 2.85 bits per heavy atom. The van der Waals surface area contributed by atoms with Crippen molar-refractivity contribution in [2.24, 2.45) is 0 Å². The number of thiazole rings is 2. The molecule has 4 rings (SSSR count). The van der Waals surface area contributed by atoms with E-state index >= 15 is 0 Å². The van der Waals surface area contributed by atoms with E-state index in [1.54, 1.807) is 22.7 Å². The second kappa shape index (κ2) is 7.38. The summed E-state index contributed by atoms with van der Waals surface area (Å²) >= 11 is 3.34. The van der Waals surface area contributed by atoms with Crippen molar-refractivity contribution in [1.82, 2.24) is 24.8 Å².